The number of benzene rings is 1. The van der Waals surface area contributed by atoms with E-state index in [4.69, 9.17) is 15.0 Å². The number of aryl methyl sites for hydroxylation is 1. The summed E-state index contributed by atoms with van der Waals surface area (Å²) >= 11 is 3.44. The Balaban J connectivity index is 2.08. The number of nitrogens with two attached hydrogens (primary N) is 1. The quantitative estimate of drug-likeness (QED) is 0.922. The molecule has 0 atom stereocenters. The molecule has 0 saturated heterocycles. The number of ether oxygens (including phenoxy) is 1. The Hall–Kier alpha value is -1.33. The molecule has 0 saturated carbocycles. The standard InChI is InChI=1S/C13H15BrN2O2/c1-9-6-12(16-18-9)8-17-13-3-2-11(14)7-10(13)4-5-15/h2-3,6-7H,4-5,8,15H2,1H3. The Labute approximate surface area is 114 Å². The van der Waals surface area contributed by atoms with Crippen molar-refractivity contribution in [1.82, 2.24) is 5.16 Å². The maximum atomic E-state index is 5.75. The van der Waals surface area contributed by atoms with Crippen molar-refractivity contribution in [3.8, 4) is 5.75 Å². The Morgan fingerprint density at radius 3 is 2.89 bits per heavy atom. The molecule has 18 heavy (non-hydrogen) atoms. The molecule has 0 radical (unpaired) electrons. The first-order valence-corrected chi connectivity index (χ1v) is 6.52. The maximum absolute atomic E-state index is 5.75. The highest BCUT2D eigenvalue weighted by atomic mass is 79.9. The van der Waals surface area contributed by atoms with Gasteiger partial charge in [0.25, 0.3) is 0 Å². The number of nitrogens with zero attached hydrogens (tertiary/aromatic N) is 1. The fourth-order valence-corrected chi connectivity index (χ4v) is 2.09. The van der Waals surface area contributed by atoms with Crippen molar-refractivity contribution < 1.29 is 9.26 Å². The van der Waals surface area contributed by atoms with Gasteiger partial charge in [-0.3, -0.25) is 0 Å². The van der Waals surface area contributed by atoms with Gasteiger partial charge in [0.05, 0.1) is 0 Å². The molecule has 2 aromatic rings. The lowest BCUT2D eigenvalue weighted by molar-refractivity contribution is 0.285. The normalized spacial score (nSPS) is 10.6. The van der Waals surface area contributed by atoms with Gasteiger partial charge >= 0.3 is 0 Å². The van der Waals surface area contributed by atoms with E-state index < -0.39 is 0 Å². The lowest BCUT2D eigenvalue weighted by Gasteiger charge is -2.10. The predicted octanol–water partition coefficient (Wildman–Crippen LogP) is 2.83. The van der Waals surface area contributed by atoms with Gasteiger partial charge in [-0.2, -0.15) is 0 Å². The molecule has 0 aliphatic carbocycles. The SMILES string of the molecule is Cc1cc(COc2ccc(Br)cc2CCN)no1. The number of halogens is 1. The average Bonchev–Trinajstić information content (AvgIpc) is 2.75. The summed E-state index contributed by atoms with van der Waals surface area (Å²) in [6.07, 6.45) is 0.784. The van der Waals surface area contributed by atoms with Crippen molar-refractivity contribution in [3.63, 3.8) is 0 Å². The Kier molecular flexibility index (Phi) is 4.38. The zero-order chi connectivity index (χ0) is 13.0. The molecular formula is C13H15BrN2O2. The molecule has 1 heterocycles. The van der Waals surface area contributed by atoms with Gasteiger partial charge < -0.3 is 15.0 Å². The molecule has 0 unspecified atom stereocenters. The summed E-state index contributed by atoms with van der Waals surface area (Å²) < 4.78 is 11.8. The van der Waals surface area contributed by atoms with E-state index in [1.165, 1.54) is 0 Å². The number of hydrogen-bond acceptors (Lipinski definition) is 4. The van der Waals surface area contributed by atoms with Crippen LogP contribution in [0.25, 0.3) is 0 Å². The number of hydrogen-bond donors (Lipinski definition) is 1. The van der Waals surface area contributed by atoms with Crippen LogP contribution < -0.4 is 10.5 Å². The molecule has 0 spiro atoms. The Bertz CT molecular complexity index is 525. The van der Waals surface area contributed by atoms with Gasteiger partial charge in [-0.1, -0.05) is 21.1 Å². The Morgan fingerprint density at radius 1 is 1.39 bits per heavy atom. The molecule has 0 aliphatic heterocycles. The monoisotopic (exact) mass is 310 g/mol. The zero-order valence-electron chi connectivity index (χ0n) is 10.1. The van der Waals surface area contributed by atoms with Gasteiger partial charge in [-0.25, -0.2) is 0 Å². The fourth-order valence-electron chi connectivity index (χ4n) is 1.68. The van der Waals surface area contributed by atoms with Crippen LogP contribution in [0, 0.1) is 6.92 Å². The van der Waals surface area contributed by atoms with Crippen LogP contribution in [0.15, 0.2) is 33.3 Å². The second-order valence-electron chi connectivity index (χ2n) is 4.01. The molecule has 96 valence electrons. The average molecular weight is 311 g/mol. The van der Waals surface area contributed by atoms with Gasteiger partial charge in [0.2, 0.25) is 0 Å². The van der Waals surface area contributed by atoms with Crippen LogP contribution in [-0.2, 0) is 13.0 Å². The molecule has 0 amide bonds. The van der Waals surface area contributed by atoms with Crippen molar-refractivity contribution in [2.24, 2.45) is 5.73 Å². The molecule has 5 heteroatoms. The van der Waals surface area contributed by atoms with E-state index in [9.17, 15) is 0 Å². The molecule has 0 aliphatic rings. The van der Waals surface area contributed by atoms with Crippen molar-refractivity contribution in [1.29, 1.82) is 0 Å². The van der Waals surface area contributed by atoms with Crippen LogP contribution in [0.1, 0.15) is 17.0 Å². The second-order valence-corrected chi connectivity index (χ2v) is 4.92. The smallest absolute Gasteiger partial charge is 0.134 e. The molecule has 1 aromatic heterocycles. The van der Waals surface area contributed by atoms with Crippen LogP contribution in [0.4, 0.5) is 0 Å². The van der Waals surface area contributed by atoms with E-state index in [0.29, 0.717) is 13.2 Å². The maximum Gasteiger partial charge on any atom is 0.134 e. The van der Waals surface area contributed by atoms with E-state index in [1.807, 2.05) is 31.2 Å². The van der Waals surface area contributed by atoms with Crippen LogP contribution >= 0.6 is 15.9 Å². The summed E-state index contributed by atoms with van der Waals surface area (Å²) in [5.74, 6) is 1.62. The van der Waals surface area contributed by atoms with E-state index in [-0.39, 0.29) is 0 Å². The minimum absolute atomic E-state index is 0.399. The van der Waals surface area contributed by atoms with Crippen LogP contribution in [-0.4, -0.2) is 11.7 Å². The number of aromatic nitrogens is 1. The molecule has 0 fully saturated rings. The zero-order valence-corrected chi connectivity index (χ0v) is 11.7. The molecule has 0 bridgehead atoms. The van der Waals surface area contributed by atoms with Crippen molar-refractivity contribution in [3.05, 3.63) is 45.8 Å². The molecule has 1 aromatic carbocycles. The highest BCUT2D eigenvalue weighted by molar-refractivity contribution is 9.10. The van der Waals surface area contributed by atoms with Crippen LogP contribution in [0.3, 0.4) is 0 Å². The minimum Gasteiger partial charge on any atom is -0.487 e. The molecule has 4 nitrogen and oxygen atoms in total. The third-order valence-corrected chi connectivity index (χ3v) is 2.98. The lowest BCUT2D eigenvalue weighted by Crippen LogP contribution is -2.05. The van der Waals surface area contributed by atoms with Gasteiger partial charge in [0.1, 0.15) is 23.8 Å². The van der Waals surface area contributed by atoms with Crippen LogP contribution in [0.2, 0.25) is 0 Å². The van der Waals surface area contributed by atoms with E-state index in [0.717, 1.165) is 33.7 Å². The first kappa shape index (κ1) is 13.1. The topological polar surface area (TPSA) is 61.3 Å². The van der Waals surface area contributed by atoms with Gasteiger partial charge in [0, 0.05) is 10.5 Å². The van der Waals surface area contributed by atoms with Gasteiger partial charge in [0.15, 0.2) is 0 Å². The van der Waals surface area contributed by atoms with E-state index in [1.54, 1.807) is 0 Å². The summed E-state index contributed by atoms with van der Waals surface area (Å²) in [6, 6.07) is 7.77. The summed E-state index contributed by atoms with van der Waals surface area (Å²) in [4.78, 5) is 0. The lowest BCUT2D eigenvalue weighted by atomic mass is 10.1. The highest BCUT2D eigenvalue weighted by Gasteiger charge is 2.06. The first-order chi connectivity index (χ1) is 8.69. The summed E-state index contributed by atoms with van der Waals surface area (Å²) in [6.45, 7) is 2.85. The van der Waals surface area contributed by atoms with Crippen molar-refractivity contribution in [2.45, 2.75) is 20.0 Å². The van der Waals surface area contributed by atoms with Crippen molar-refractivity contribution in [2.75, 3.05) is 6.54 Å². The summed E-state index contributed by atoms with van der Waals surface area (Å²) in [5.41, 5.74) is 7.47. The van der Waals surface area contributed by atoms with E-state index in [2.05, 4.69) is 21.1 Å². The first-order valence-electron chi connectivity index (χ1n) is 5.72. The second kappa shape index (κ2) is 6.02. The fraction of sp³-hybridized carbons (Fsp3) is 0.308. The summed E-state index contributed by atoms with van der Waals surface area (Å²) in [5, 5.41) is 3.89. The van der Waals surface area contributed by atoms with Crippen molar-refractivity contribution >= 4 is 15.9 Å². The predicted molar refractivity (Wildman–Crippen MR) is 72.5 cm³/mol. The van der Waals surface area contributed by atoms with Gasteiger partial charge in [-0.15, -0.1) is 0 Å². The largest absolute Gasteiger partial charge is 0.487 e. The highest BCUT2D eigenvalue weighted by Crippen LogP contribution is 2.24. The van der Waals surface area contributed by atoms with Crippen LogP contribution in [0.5, 0.6) is 5.75 Å². The Morgan fingerprint density at radius 2 is 2.22 bits per heavy atom. The summed E-state index contributed by atoms with van der Waals surface area (Å²) in [7, 11) is 0. The third kappa shape index (κ3) is 3.34. The minimum atomic E-state index is 0.399. The van der Waals surface area contributed by atoms with E-state index >= 15 is 0 Å². The molecular weight excluding hydrogens is 296 g/mol. The number of rotatable bonds is 5. The molecule has 2 rings (SSSR count). The third-order valence-electron chi connectivity index (χ3n) is 2.49. The van der Waals surface area contributed by atoms with Gasteiger partial charge in [-0.05, 0) is 43.7 Å². The molecule has 2 N–H and O–H groups in total.